The van der Waals surface area contributed by atoms with E-state index in [1.54, 1.807) is 0 Å². The highest BCUT2D eigenvalue weighted by Gasteiger charge is 2.23. The van der Waals surface area contributed by atoms with Gasteiger partial charge in [-0.3, -0.25) is 4.79 Å². The number of hydrogen-bond donors (Lipinski definition) is 4. The van der Waals surface area contributed by atoms with E-state index in [0.29, 0.717) is 5.56 Å². The van der Waals surface area contributed by atoms with Crippen molar-refractivity contribution in [2.24, 2.45) is 5.73 Å². The van der Waals surface area contributed by atoms with Gasteiger partial charge in [0, 0.05) is 0 Å². The molecule has 0 spiro atoms. The molecule has 0 amide bonds. The predicted octanol–water partition coefficient (Wildman–Crippen LogP) is -0.163. The number of carboxylic acids is 1. The molecule has 14 heavy (non-hydrogen) atoms. The van der Waals surface area contributed by atoms with Crippen LogP contribution < -0.4 is 5.73 Å². The molecule has 0 fully saturated rings. The number of phenols is 1. The number of aromatic hydroxyl groups is 1. The van der Waals surface area contributed by atoms with Crippen molar-refractivity contribution in [1.82, 2.24) is 0 Å². The molecule has 0 radical (unpaired) electrons. The second kappa shape index (κ2) is 4.08. The van der Waals surface area contributed by atoms with E-state index < -0.39 is 18.1 Å². The average Bonchev–Trinajstić information content (AvgIpc) is 2.16. The molecule has 76 valence electrons. The fraction of sp³-hybridized carbons (Fsp3) is 0.222. The maximum Gasteiger partial charge on any atom is 0.323 e. The lowest BCUT2D eigenvalue weighted by Crippen LogP contribution is -2.36. The highest BCUT2D eigenvalue weighted by atomic mass is 16.4. The summed E-state index contributed by atoms with van der Waals surface area (Å²) in [6, 6.07) is 4.19. The van der Waals surface area contributed by atoms with Crippen LogP contribution in [0.1, 0.15) is 11.7 Å². The van der Waals surface area contributed by atoms with Gasteiger partial charge in [-0.1, -0.05) is 12.1 Å². The standard InChI is InChI=1S/C9H11NO4/c10-7(9(13)14)8(12)5-1-3-6(11)4-2-5/h1-4,7-8,11-12H,10H2,(H,13,14)/t7-,8?/m1/s1. The number of carboxylic acid groups (broad SMARTS) is 1. The molecule has 0 bridgehead atoms. The van der Waals surface area contributed by atoms with Crippen molar-refractivity contribution in [2.75, 3.05) is 0 Å². The van der Waals surface area contributed by atoms with Crippen LogP contribution in [-0.4, -0.2) is 27.3 Å². The molecule has 1 unspecified atom stereocenters. The third kappa shape index (κ3) is 2.21. The summed E-state index contributed by atoms with van der Waals surface area (Å²) in [5.74, 6) is -1.23. The highest BCUT2D eigenvalue weighted by Crippen LogP contribution is 2.18. The number of aliphatic carboxylic acids is 1. The SMILES string of the molecule is N[C@@H](C(=O)O)C(O)c1ccc(O)cc1. The molecule has 5 nitrogen and oxygen atoms in total. The molecule has 5 heteroatoms. The zero-order valence-corrected chi connectivity index (χ0v) is 7.29. The minimum atomic E-state index is -1.36. The first-order valence-corrected chi connectivity index (χ1v) is 3.97. The molecule has 0 heterocycles. The van der Waals surface area contributed by atoms with Crippen molar-refractivity contribution in [1.29, 1.82) is 0 Å². The van der Waals surface area contributed by atoms with Gasteiger partial charge < -0.3 is 21.1 Å². The minimum Gasteiger partial charge on any atom is -0.508 e. The Kier molecular flexibility index (Phi) is 3.06. The largest absolute Gasteiger partial charge is 0.508 e. The molecule has 0 saturated heterocycles. The number of rotatable bonds is 3. The van der Waals surface area contributed by atoms with Crippen LogP contribution in [-0.2, 0) is 4.79 Å². The Morgan fingerprint density at radius 2 is 1.79 bits per heavy atom. The second-order valence-electron chi connectivity index (χ2n) is 2.90. The average molecular weight is 197 g/mol. The molecule has 0 aliphatic carbocycles. The normalized spacial score (nSPS) is 14.7. The van der Waals surface area contributed by atoms with Gasteiger partial charge in [0.05, 0.1) is 0 Å². The monoisotopic (exact) mass is 197 g/mol. The van der Waals surface area contributed by atoms with E-state index in [2.05, 4.69) is 0 Å². The molecule has 1 rings (SSSR count). The molecular formula is C9H11NO4. The molecular weight excluding hydrogens is 186 g/mol. The minimum absolute atomic E-state index is 0.0462. The molecule has 2 atom stereocenters. The summed E-state index contributed by atoms with van der Waals surface area (Å²) < 4.78 is 0. The number of hydrogen-bond acceptors (Lipinski definition) is 4. The van der Waals surface area contributed by atoms with Crippen molar-refractivity contribution < 1.29 is 20.1 Å². The van der Waals surface area contributed by atoms with Gasteiger partial charge in [-0.05, 0) is 17.7 Å². The number of benzene rings is 1. The quantitative estimate of drug-likeness (QED) is 0.539. The van der Waals surface area contributed by atoms with Gasteiger partial charge in [0.25, 0.3) is 0 Å². The zero-order chi connectivity index (χ0) is 10.7. The van der Waals surface area contributed by atoms with Crippen LogP contribution in [0, 0.1) is 0 Å². The molecule has 0 aliphatic heterocycles. The van der Waals surface area contributed by atoms with Gasteiger partial charge in [-0.15, -0.1) is 0 Å². The summed E-state index contributed by atoms with van der Waals surface area (Å²) in [6.07, 6.45) is -1.27. The molecule has 1 aromatic carbocycles. The van der Waals surface area contributed by atoms with Crippen molar-refractivity contribution in [2.45, 2.75) is 12.1 Å². The van der Waals surface area contributed by atoms with Crippen LogP contribution >= 0.6 is 0 Å². The molecule has 1 aromatic rings. The van der Waals surface area contributed by atoms with E-state index in [1.165, 1.54) is 24.3 Å². The van der Waals surface area contributed by atoms with Crippen LogP contribution in [0.15, 0.2) is 24.3 Å². The maximum absolute atomic E-state index is 10.4. The van der Waals surface area contributed by atoms with Crippen molar-refractivity contribution in [3.8, 4) is 5.75 Å². The lowest BCUT2D eigenvalue weighted by atomic mass is 10.0. The van der Waals surface area contributed by atoms with Crippen molar-refractivity contribution in [3.63, 3.8) is 0 Å². The predicted molar refractivity (Wildman–Crippen MR) is 48.7 cm³/mol. The van der Waals surface area contributed by atoms with E-state index >= 15 is 0 Å². The lowest BCUT2D eigenvalue weighted by Gasteiger charge is -2.14. The Morgan fingerprint density at radius 1 is 1.29 bits per heavy atom. The summed E-state index contributed by atoms with van der Waals surface area (Å²) in [4.78, 5) is 10.4. The van der Waals surface area contributed by atoms with Crippen LogP contribution in [0.2, 0.25) is 0 Å². The van der Waals surface area contributed by atoms with Gasteiger partial charge in [-0.25, -0.2) is 0 Å². The van der Waals surface area contributed by atoms with E-state index in [9.17, 15) is 9.90 Å². The number of aliphatic hydroxyl groups is 1. The highest BCUT2D eigenvalue weighted by molar-refractivity contribution is 5.74. The Labute approximate surface area is 80.4 Å². The first kappa shape index (κ1) is 10.5. The second-order valence-corrected chi connectivity index (χ2v) is 2.90. The Morgan fingerprint density at radius 3 is 2.21 bits per heavy atom. The number of nitrogens with two attached hydrogens (primary N) is 1. The Bertz CT molecular complexity index is 322. The molecule has 0 saturated carbocycles. The van der Waals surface area contributed by atoms with Gasteiger partial charge >= 0.3 is 5.97 Å². The van der Waals surface area contributed by atoms with Gasteiger partial charge in [0.1, 0.15) is 17.9 Å². The number of carbonyl (C=O) groups is 1. The van der Waals surface area contributed by atoms with E-state index in [1.807, 2.05) is 0 Å². The van der Waals surface area contributed by atoms with Crippen molar-refractivity contribution >= 4 is 5.97 Å². The van der Waals surface area contributed by atoms with E-state index in [-0.39, 0.29) is 5.75 Å². The molecule has 5 N–H and O–H groups in total. The first-order valence-electron chi connectivity index (χ1n) is 3.97. The smallest absolute Gasteiger partial charge is 0.323 e. The van der Waals surface area contributed by atoms with Crippen LogP contribution in [0.3, 0.4) is 0 Å². The summed E-state index contributed by atoms with van der Waals surface area (Å²) in [6.45, 7) is 0. The third-order valence-electron chi connectivity index (χ3n) is 1.86. The van der Waals surface area contributed by atoms with Crippen LogP contribution in [0.25, 0.3) is 0 Å². The summed E-state index contributed by atoms with van der Waals surface area (Å²) >= 11 is 0. The van der Waals surface area contributed by atoms with E-state index in [0.717, 1.165) is 0 Å². The summed E-state index contributed by atoms with van der Waals surface area (Å²) in [5.41, 5.74) is 5.58. The Hall–Kier alpha value is -1.59. The number of phenolic OH excluding ortho intramolecular Hbond substituents is 1. The molecule has 0 aliphatic rings. The van der Waals surface area contributed by atoms with Crippen LogP contribution in [0.4, 0.5) is 0 Å². The van der Waals surface area contributed by atoms with Crippen LogP contribution in [0.5, 0.6) is 5.75 Å². The van der Waals surface area contributed by atoms with Gasteiger partial charge in [-0.2, -0.15) is 0 Å². The summed E-state index contributed by atoms with van der Waals surface area (Å²) in [5, 5.41) is 27.0. The fourth-order valence-corrected chi connectivity index (χ4v) is 1.01. The van der Waals surface area contributed by atoms with Gasteiger partial charge in [0.15, 0.2) is 0 Å². The van der Waals surface area contributed by atoms with E-state index in [4.69, 9.17) is 15.9 Å². The fourth-order valence-electron chi connectivity index (χ4n) is 1.01. The number of aliphatic hydroxyl groups excluding tert-OH is 1. The Balaban J connectivity index is 2.84. The lowest BCUT2D eigenvalue weighted by molar-refractivity contribution is -0.141. The summed E-state index contributed by atoms with van der Waals surface area (Å²) in [7, 11) is 0. The van der Waals surface area contributed by atoms with Gasteiger partial charge in [0.2, 0.25) is 0 Å². The maximum atomic E-state index is 10.4. The van der Waals surface area contributed by atoms with Crippen molar-refractivity contribution in [3.05, 3.63) is 29.8 Å². The third-order valence-corrected chi connectivity index (χ3v) is 1.86. The first-order chi connectivity index (χ1) is 6.52. The topological polar surface area (TPSA) is 104 Å². The molecule has 0 aromatic heterocycles. The zero-order valence-electron chi connectivity index (χ0n) is 7.29.